The normalized spacial score (nSPS) is 16.7. The first-order valence-electron chi connectivity index (χ1n) is 4.65. The molecule has 0 amide bonds. The zero-order valence-electron chi connectivity index (χ0n) is 8.47. The summed E-state index contributed by atoms with van der Waals surface area (Å²) in [5.74, 6) is 0.511. The van der Waals surface area contributed by atoms with Gasteiger partial charge in [0.1, 0.15) is 11.9 Å². The van der Waals surface area contributed by atoms with Gasteiger partial charge in [-0.1, -0.05) is 18.6 Å². The number of hydrogen-bond donors (Lipinski definition) is 2. The van der Waals surface area contributed by atoms with Crippen LogP contribution in [0.5, 0.6) is 0 Å². The Morgan fingerprint density at radius 2 is 2.36 bits per heavy atom. The zero-order valence-corrected chi connectivity index (χ0v) is 8.47. The van der Waals surface area contributed by atoms with Crippen LogP contribution in [0.15, 0.2) is 34.5 Å². The van der Waals surface area contributed by atoms with Gasteiger partial charge in [0.25, 0.3) is 0 Å². The Hall–Kier alpha value is -1.06. The summed E-state index contributed by atoms with van der Waals surface area (Å²) in [6, 6.07) is 3.49. The van der Waals surface area contributed by atoms with Gasteiger partial charge in [0.2, 0.25) is 0 Å². The Labute approximate surface area is 83.7 Å². The van der Waals surface area contributed by atoms with Crippen LogP contribution in [-0.4, -0.2) is 16.8 Å². The molecule has 78 valence electrons. The molecule has 3 heteroatoms. The molecule has 3 nitrogen and oxygen atoms in total. The van der Waals surface area contributed by atoms with Crippen LogP contribution in [0.4, 0.5) is 0 Å². The average molecular weight is 196 g/mol. The smallest absolute Gasteiger partial charge is 0.132 e. The standard InChI is InChI=1S/C11H16O3/c1-8(5-6-12)9(2)11(13)10-4-3-7-14-10/h3-5,7,9,11-13H,6H2,1-2H3/b8-5+/t9-,11-/m0/s1. The minimum atomic E-state index is -0.646. The molecule has 0 aliphatic rings. The monoisotopic (exact) mass is 196 g/mol. The second kappa shape index (κ2) is 4.98. The van der Waals surface area contributed by atoms with E-state index in [9.17, 15) is 5.11 Å². The fraction of sp³-hybridized carbons (Fsp3) is 0.455. The number of furan rings is 1. The first-order valence-corrected chi connectivity index (χ1v) is 4.65. The average Bonchev–Trinajstić information content (AvgIpc) is 2.68. The van der Waals surface area contributed by atoms with E-state index in [4.69, 9.17) is 9.52 Å². The Bertz CT molecular complexity index is 287. The summed E-state index contributed by atoms with van der Waals surface area (Å²) in [6.45, 7) is 3.78. The van der Waals surface area contributed by atoms with Crippen LogP contribution in [0, 0.1) is 5.92 Å². The molecule has 0 aliphatic heterocycles. The van der Waals surface area contributed by atoms with Crippen molar-refractivity contribution in [1.82, 2.24) is 0 Å². The van der Waals surface area contributed by atoms with E-state index in [1.54, 1.807) is 18.2 Å². The number of rotatable bonds is 4. The van der Waals surface area contributed by atoms with E-state index in [2.05, 4.69) is 0 Å². The molecule has 0 spiro atoms. The summed E-state index contributed by atoms with van der Waals surface area (Å²) in [5, 5.41) is 18.6. The number of hydrogen-bond acceptors (Lipinski definition) is 3. The molecule has 1 aromatic rings. The molecule has 2 N–H and O–H groups in total. The van der Waals surface area contributed by atoms with Crippen molar-refractivity contribution in [2.45, 2.75) is 20.0 Å². The highest BCUT2D eigenvalue weighted by molar-refractivity contribution is 5.11. The van der Waals surface area contributed by atoms with Crippen LogP contribution in [0.1, 0.15) is 25.7 Å². The molecule has 2 atom stereocenters. The fourth-order valence-corrected chi connectivity index (χ4v) is 1.28. The quantitative estimate of drug-likeness (QED) is 0.723. The lowest BCUT2D eigenvalue weighted by atomic mass is 9.94. The Balaban J connectivity index is 2.70. The molecule has 1 aromatic heterocycles. The van der Waals surface area contributed by atoms with E-state index in [-0.39, 0.29) is 12.5 Å². The molecule has 0 bridgehead atoms. The van der Waals surface area contributed by atoms with Crippen molar-refractivity contribution in [2.24, 2.45) is 5.92 Å². The third-order valence-electron chi connectivity index (χ3n) is 2.44. The van der Waals surface area contributed by atoms with Gasteiger partial charge in [0, 0.05) is 5.92 Å². The summed E-state index contributed by atoms with van der Waals surface area (Å²) in [4.78, 5) is 0. The molecule has 0 aromatic carbocycles. The Morgan fingerprint density at radius 3 is 2.86 bits per heavy atom. The zero-order chi connectivity index (χ0) is 10.6. The largest absolute Gasteiger partial charge is 0.467 e. The third-order valence-corrected chi connectivity index (χ3v) is 2.44. The summed E-state index contributed by atoms with van der Waals surface area (Å²) < 4.78 is 5.10. The Kier molecular flexibility index (Phi) is 3.92. The molecule has 0 saturated heterocycles. The van der Waals surface area contributed by atoms with Crippen molar-refractivity contribution in [2.75, 3.05) is 6.61 Å². The van der Waals surface area contributed by atoms with Gasteiger partial charge < -0.3 is 14.6 Å². The fourth-order valence-electron chi connectivity index (χ4n) is 1.28. The SMILES string of the molecule is C/C(=C\CO)[C@H](C)[C@H](O)c1ccco1. The van der Waals surface area contributed by atoms with Crippen LogP contribution < -0.4 is 0 Å². The van der Waals surface area contributed by atoms with E-state index >= 15 is 0 Å². The predicted octanol–water partition coefficient (Wildman–Crippen LogP) is 1.89. The van der Waals surface area contributed by atoms with Crippen LogP contribution in [0.2, 0.25) is 0 Å². The topological polar surface area (TPSA) is 53.6 Å². The van der Waals surface area contributed by atoms with Crippen LogP contribution >= 0.6 is 0 Å². The van der Waals surface area contributed by atoms with Gasteiger partial charge in [-0.25, -0.2) is 0 Å². The van der Waals surface area contributed by atoms with E-state index in [1.807, 2.05) is 13.8 Å². The molecule has 1 rings (SSSR count). The lowest BCUT2D eigenvalue weighted by Crippen LogP contribution is -2.10. The molecule has 0 radical (unpaired) electrons. The minimum absolute atomic E-state index is 0.00104. The van der Waals surface area contributed by atoms with E-state index in [1.165, 1.54) is 6.26 Å². The van der Waals surface area contributed by atoms with Gasteiger partial charge in [-0.3, -0.25) is 0 Å². The second-order valence-electron chi connectivity index (χ2n) is 3.38. The highest BCUT2D eigenvalue weighted by Gasteiger charge is 2.19. The molecule has 0 aliphatic carbocycles. The van der Waals surface area contributed by atoms with Crippen LogP contribution in [0.3, 0.4) is 0 Å². The maximum Gasteiger partial charge on any atom is 0.132 e. The highest BCUT2D eigenvalue weighted by atomic mass is 16.4. The van der Waals surface area contributed by atoms with Gasteiger partial charge >= 0.3 is 0 Å². The molecule has 0 saturated carbocycles. The number of aliphatic hydroxyl groups excluding tert-OH is 2. The van der Waals surface area contributed by atoms with Crippen molar-refractivity contribution in [3.8, 4) is 0 Å². The van der Waals surface area contributed by atoms with Gasteiger partial charge in [0.05, 0.1) is 12.9 Å². The first-order chi connectivity index (χ1) is 6.66. The van der Waals surface area contributed by atoms with Crippen molar-refractivity contribution >= 4 is 0 Å². The Morgan fingerprint density at radius 1 is 1.64 bits per heavy atom. The second-order valence-corrected chi connectivity index (χ2v) is 3.38. The summed E-state index contributed by atoms with van der Waals surface area (Å²) in [5.41, 5.74) is 0.955. The van der Waals surface area contributed by atoms with Crippen molar-refractivity contribution < 1.29 is 14.6 Å². The predicted molar refractivity (Wildman–Crippen MR) is 53.7 cm³/mol. The third kappa shape index (κ3) is 2.47. The lowest BCUT2D eigenvalue weighted by Gasteiger charge is -2.17. The van der Waals surface area contributed by atoms with Crippen LogP contribution in [-0.2, 0) is 0 Å². The van der Waals surface area contributed by atoms with E-state index < -0.39 is 6.10 Å². The first kappa shape index (κ1) is 11.0. The van der Waals surface area contributed by atoms with Crippen molar-refractivity contribution in [3.63, 3.8) is 0 Å². The molecule has 0 unspecified atom stereocenters. The molecule has 0 fully saturated rings. The van der Waals surface area contributed by atoms with E-state index in [0.29, 0.717) is 5.76 Å². The lowest BCUT2D eigenvalue weighted by molar-refractivity contribution is 0.109. The summed E-state index contributed by atoms with van der Waals surface area (Å²) in [7, 11) is 0. The maximum atomic E-state index is 9.86. The minimum Gasteiger partial charge on any atom is -0.467 e. The van der Waals surface area contributed by atoms with Gasteiger partial charge in [-0.15, -0.1) is 0 Å². The van der Waals surface area contributed by atoms with Crippen molar-refractivity contribution in [3.05, 3.63) is 35.8 Å². The van der Waals surface area contributed by atoms with E-state index in [0.717, 1.165) is 5.57 Å². The molecular formula is C11H16O3. The molecule has 1 heterocycles. The van der Waals surface area contributed by atoms with Crippen molar-refractivity contribution in [1.29, 1.82) is 0 Å². The van der Waals surface area contributed by atoms with Gasteiger partial charge in [-0.2, -0.15) is 0 Å². The maximum absolute atomic E-state index is 9.86. The highest BCUT2D eigenvalue weighted by Crippen LogP contribution is 2.27. The van der Waals surface area contributed by atoms with Gasteiger partial charge in [-0.05, 0) is 19.1 Å². The van der Waals surface area contributed by atoms with Gasteiger partial charge in [0.15, 0.2) is 0 Å². The molecule has 14 heavy (non-hydrogen) atoms. The van der Waals surface area contributed by atoms with Crippen LogP contribution in [0.25, 0.3) is 0 Å². The summed E-state index contributed by atoms with van der Waals surface area (Å²) in [6.07, 6.45) is 2.58. The summed E-state index contributed by atoms with van der Waals surface area (Å²) >= 11 is 0. The molecular weight excluding hydrogens is 180 g/mol. The number of aliphatic hydroxyl groups is 2.